The topological polar surface area (TPSA) is 73.6 Å². The highest BCUT2D eigenvalue weighted by molar-refractivity contribution is 6.07. The van der Waals surface area contributed by atoms with Crippen LogP contribution in [0.3, 0.4) is 0 Å². The number of hydrogen-bond acceptors (Lipinski definition) is 6. The fourth-order valence-electron chi connectivity index (χ4n) is 5.81. The first-order chi connectivity index (χ1) is 18.7. The number of urea groups is 1. The number of benzene rings is 1. The fraction of sp³-hybridized carbons (Fsp3) is 0.500. The molecule has 1 aromatic carbocycles. The Kier molecular flexibility index (Phi) is 7.91. The monoisotopic (exact) mass is 532 g/mol. The van der Waals surface area contributed by atoms with E-state index in [2.05, 4.69) is 42.7 Å². The van der Waals surface area contributed by atoms with Crippen molar-refractivity contribution in [2.24, 2.45) is 5.92 Å². The minimum absolute atomic E-state index is 0.160. The predicted octanol–water partition coefficient (Wildman–Crippen LogP) is 4.17. The molecule has 0 unspecified atom stereocenters. The van der Waals surface area contributed by atoms with E-state index >= 15 is 0 Å². The lowest BCUT2D eigenvalue weighted by molar-refractivity contribution is -0.129. The van der Waals surface area contributed by atoms with Gasteiger partial charge in [0.15, 0.2) is 0 Å². The average Bonchev–Trinajstić information content (AvgIpc) is 3.23. The van der Waals surface area contributed by atoms with Crippen LogP contribution in [0.5, 0.6) is 5.75 Å². The number of aromatic nitrogens is 2. The van der Waals surface area contributed by atoms with E-state index < -0.39 is 0 Å². The molecule has 3 aromatic rings. The summed E-state index contributed by atoms with van der Waals surface area (Å²) in [5, 5.41) is 4.69. The summed E-state index contributed by atoms with van der Waals surface area (Å²) in [6.45, 7) is 14.5. The lowest BCUT2D eigenvalue weighted by atomic mass is 10.1. The van der Waals surface area contributed by atoms with E-state index in [1.165, 1.54) is 10.5 Å². The number of amides is 3. The van der Waals surface area contributed by atoms with Gasteiger partial charge < -0.3 is 4.74 Å². The van der Waals surface area contributed by atoms with Crippen molar-refractivity contribution < 1.29 is 14.3 Å². The van der Waals surface area contributed by atoms with Crippen molar-refractivity contribution in [2.45, 2.75) is 53.2 Å². The van der Waals surface area contributed by atoms with Crippen LogP contribution in [-0.2, 0) is 17.9 Å². The first-order valence-corrected chi connectivity index (χ1v) is 13.9. The molecule has 0 spiro atoms. The Balaban J connectivity index is 1.35. The lowest BCUT2D eigenvalue weighted by Gasteiger charge is -2.40. The molecule has 208 valence electrons. The first kappa shape index (κ1) is 27.1. The van der Waals surface area contributed by atoms with E-state index in [9.17, 15) is 9.59 Å². The maximum atomic E-state index is 13.7. The molecule has 9 nitrogen and oxygen atoms in total. The second-order valence-corrected chi connectivity index (χ2v) is 11.3. The molecule has 2 aromatic heterocycles. The van der Waals surface area contributed by atoms with E-state index in [0.717, 1.165) is 60.9 Å². The molecule has 0 aliphatic carbocycles. The smallest absolute Gasteiger partial charge is 0.331 e. The molecule has 9 heteroatoms. The Morgan fingerprint density at radius 1 is 1.03 bits per heavy atom. The number of carbonyl (C=O) groups is 2. The molecule has 1 atom stereocenters. The minimum atomic E-state index is -0.305. The third-order valence-corrected chi connectivity index (χ3v) is 7.78. The number of methoxy groups -OCH3 is 1. The molecule has 2 saturated heterocycles. The van der Waals surface area contributed by atoms with Crippen molar-refractivity contribution >= 4 is 23.1 Å². The number of piperazine rings is 1. The number of imide groups is 1. The quantitative estimate of drug-likeness (QED) is 0.434. The van der Waals surface area contributed by atoms with Crippen LogP contribution in [0.1, 0.15) is 44.0 Å². The number of pyridine rings is 1. The highest BCUT2D eigenvalue weighted by Gasteiger charge is 2.35. The molecule has 39 heavy (non-hydrogen) atoms. The summed E-state index contributed by atoms with van der Waals surface area (Å²) >= 11 is 0. The van der Waals surface area contributed by atoms with E-state index in [1.54, 1.807) is 12.0 Å². The Hall–Kier alpha value is -3.43. The number of fused-ring (bicyclic) bond motifs is 1. The van der Waals surface area contributed by atoms with Gasteiger partial charge in [0, 0.05) is 57.9 Å². The molecule has 0 radical (unpaired) electrons. The van der Waals surface area contributed by atoms with Crippen molar-refractivity contribution in [2.75, 3.05) is 44.7 Å². The molecule has 5 rings (SSSR count). The molecular formula is C30H40N6O3. The van der Waals surface area contributed by atoms with Gasteiger partial charge in [-0.05, 0) is 55.2 Å². The zero-order valence-corrected chi connectivity index (χ0v) is 23.8. The highest BCUT2D eigenvalue weighted by Crippen LogP contribution is 2.31. The van der Waals surface area contributed by atoms with E-state index in [4.69, 9.17) is 9.84 Å². The number of hydrogen-bond donors (Lipinski definition) is 0. The molecule has 2 fully saturated rings. The average molecular weight is 533 g/mol. The number of anilines is 1. The van der Waals surface area contributed by atoms with E-state index in [1.807, 2.05) is 41.9 Å². The van der Waals surface area contributed by atoms with E-state index in [0.29, 0.717) is 18.5 Å². The van der Waals surface area contributed by atoms with Gasteiger partial charge in [-0.2, -0.15) is 5.10 Å². The fourth-order valence-corrected chi connectivity index (χ4v) is 5.81. The van der Waals surface area contributed by atoms with Crippen molar-refractivity contribution in [1.29, 1.82) is 0 Å². The summed E-state index contributed by atoms with van der Waals surface area (Å²) in [4.78, 5) is 34.6. The molecule has 2 aliphatic rings. The third kappa shape index (κ3) is 5.79. The van der Waals surface area contributed by atoms with Crippen LogP contribution >= 0.6 is 0 Å². The molecule has 0 bridgehead atoms. The van der Waals surface area contributed by atoms with Gasteiger partial charge in [0.05, 0.1) is 30.6 Å². The summed E-state index contributed by atoms with van der Waals surface area (Å²) in [6, 6.07) is 11.9. The molecule has 2 aliphatic heterocycles. The Bertz CT molecular complexity index is 1330. The van der Waals surface area contributed by atoms with Crippen molar-refractivity contribution in [1.82, 2.24) is 24.3 Å². The Morgan fingerprint density at radius 2 is 1.79 bits per heavy atom. The van der Waals surface area contributed by atoms with Gasteiger partial charge in [-0.25, -0.2) is 9.31 Å². The Morgan fingerprint density at radius 3 is 2.49 bits per heavy atom. The number of aryl methyl sites for hydroxylation is 1. The number of nitrogens with zero attached hydrogens (tertiary/aromatic N) is 6. The summed E-state index contributed by atoms with van der Waals surface area (Å²) < 4.78 is 7.07. The number of rotatable bonds is 8. The van der Waals surface area contributed by atoms with Crippen LogP contribution in [0.2, 0.25) is 0 Å². The third-order valence-electron chi connectivity index (χ3n) is 7.78. The maximum Gasteiger partial charge on any atom is 0.331 e. The van der Waals surface area contributed by atoms with Gasteiger partial charge in [0.1, 0.15) is 5.75 Å². The van der Waals surface area contributed by atoms with E-state index in [-0.39, 0.29) is 24.9 Å². The number of ether oxygens (including phenoxy) is 1. The van der Waals surface area contributed by atoms with Gasteiger partial charge >= 0.3 is 6.03 Å². The van der Waals surface area contributed by atoms with Crippen LogP contribution in [0.4, 0.5) is 10.5 Å². The van der Waals surface area contributed by atoms with Crippen LogP contribution < -0.4 is 9.64 Å². The SMILES string of the molecule is COc1ccc(CN2C(=O)CCN(c3c(C)nn4ccc(CN5CCN(CC(C)C)[C@@H](C)C5)cc34)C2=O)cc1. The minimum Gasteiger partial charge on any atom is -0.497 e. The van der Waals surface area contributed by atoms with Crippen molar-refractivity contribution in [3.8, 4) is 5.75 Å². The van der Waals surface area contributed by atoms with Crippen LogP contribution in [0, 0.1) is 12.8 Å². The zero-order valence-electron chi connectivity index (χ0n) is 23.8. The van der Waals surface area contributed by atoms with Crippen molar-refractivity contribution in [3.63, 3.8) is 0 Å². The van der Waals surface area contributed by atoms with Gasteiger partial charge in [0.25, 0.3) is 0 Å². The summed E-state index contributed by atoms with van der Waals surface area (Å²) in [6.07, 6.45) is 2.26. The zero-order chi connectivity index (χ0) is 27.7. The molecule has 0 N–H and O–H groups in total. The standard InChI is InChI=1S/C30H40N6O3/c1-21(2)17-33-15-14-32(18-22(33)3)19-25-10-13-36-27(16-25)29(23(4)31-36)34-12-11-28(37)35(30(34)38)20-24-6-8-26(39-5)9-7-24/h6-10,13,16,21-22H,11-12,14-15,17-20H2,1-5H3/t22-/m0/s1. The summed E-state index contributed by atoms with van der Waals surface area (Å²) in [5.41, 5.74) is 4.52. The second-order valence-electron chi connectivity index (χ2n) is 11.3. The molecule has 4 heterocycles. The van der Waals surface area contributed by atoms with Crippen LogP contribution in [0.25, 0.3) is 5.52 Å². The summed E-state index contributed by atoms with van der Waals surface area (Å²) in [7, 11) is 1.61. The largest absolute Gasteiger partial charge is 0.497 e. The van der Waals surface area contributed by atoms with Crippen LogP contribution in [-0.4, -0.2) is 82.1 Å². The van der Waals surface area contributed by atoms with Gasteiger partial charge in [-0.1, -0.05) is 26.0 Å². The van der Waals surface area contributed by atoms with Gasteiger partial charge in [0.2, 0.25) is 5.91 Å². The van der Waals surface area contributed by atoms with Gasteiger partial charge in [-0.3, -0.25) is 24.4 Å². The summed E-state index contributed by atoms with van der Waals surface area (Å²) in [5.74, 6) is 1.25. The predicted molar refractivity (Wildman–Crippen MR) is 152 cm³/mol. The lowest BCUT2D eigenvalue weighted by Crippen LogP contribution is -2.52. The highest BCUT2D eigenvalue weighted by atomic mass is 16.5. The number of carbonyl (C=O) groups excluding carboxylic acids is 2. The van der Waals surface area contributed by atoms with Crippen molar-refractivity contribution in [3.05, 3.63) is 59.4 Å². The Labute approximate surface area is 230 Å². The molecule has 3 amide bonds. The molecular weight excluding hydrogens is 492 g/mol. The molecule has 0 saturated carbocycles. The second kappa shape index (κ2) is 11.4. The van der Waals surface area contributed by atoms with Gasteiger partial charge in [-0.15, -0.1) is 0 Å². The normalized spacial score (nSPS) is 19.5. The first-order valence-electron chi connectivity index (χ1n) is 13.9. The maximum absolute atomic E-state index is 13.7. The van der Waals surface area contributed by atoms with Crippen LogP contribution in [0.15, 0.2) is 42.6 Å².